The van der Waals surface area contributed by atoms with Crippen molar-refractivity contribution in [3.63, 3.8) is 0 Å². The summed E-state index contributed by atoms with van der Waals surface area (Å²) >= 11 is 0. The summed E-state index contributed by atoms with van der Waals surface area (Å²) in [7, 11) is -4.34. The quantitative estimate of drug-likeness (QED) is 0.557. The molecule has 0 aliphatic carbocycles. The molecule has 2 aromatic rings. The third kappa shape index (κ3) is 5.02. The molecular formula is C22H40FN5O3Si2. The van der Waals surface area contributed by atoms with Gasteiger partial charge in [-0.05, 0) is 36.3 Å². The molecule has 4 atom stereocenters. The van der Waals surface area contributed by atoms with Gasteiger partial charge in [0.15, 0.2) is 40.5 Å². The lowest BCUT2D eigenvalue weighted by Crippen LogP contribution is -2.50. The summed E-state index contributed by atoms with van der Waals surface area (Å²) in [6.45, 7) is 21.9. The van der Waals surface area contributed by atoms with E-state index in [1.165, 1.54) is 12.7 Å². The molecule has 0 amide bonds. The van der Waals surface area contributed by atoms with Gasteiger partial charge in [-0.15, -0.1) is 0 Å². The number of nitrogens with two attached hydrogens (primary N) is 1. The van der Waals surface area contributed by atoms with Gasteiger partial charge in [-0.2, -0.15) is 0 Å². The molecule has 3 heterocycles. The maximum absolute atomic E-state index is 16.1. The van der Waals surface area contributed by atoms with Crippen molar-refractivity contribution >= 4 is 33.6 Å². The van der Waals surface area contributed by atoms with Gasteiger partial charge < -0.3 is 19.3 Å². The monoisotopic (exact) mass is 497 g/mol. The highest BCUT2D eigenvalue weighted by atomic mass is 28.4. The first kappa shape index (κ1) is 26.2. The Morgan fingerprint density at radius 3 is 2.21 bits per heavy atom. The first-order valence-corrected chi connectivity index (χ1v) is 17.3. The Balaban J connectivity index is 1.94. The predicted molar refractivity (Wildman–Crippen MR) is 134 cm³/mol. The Hall–Kier alpha value is -1.41. The van der Waals surface area contributed by atoms with Crippen LogP contribution in [0.3, 0.4) is 0 Å². The molecule has 0 bridgehead atoms. The number of halogens is 1. The van der Waals surface area contributed by atoms with Crippen molar-refractivity contribution in [2.75, 3.05) is 12.3 Å². The van der Waals surface area contributed by atoms with Crippen LogP contribution in [0.1, 0.15) is 47.8 Å². The maximum atomic E-state index is 16.1. The lowest BCUT2D eigenvalue weighted by atomic mass is 10.1. The number of nitrogens with zero attached hydrogens (tertiary/aromatic N) is 4. The smallest absolute Gasteiger partial charge is 0.192 e. The van der Waals surface area contributed by atoms with Crippen LogP contribution in [-0.4, -0.2) is 61.1 Å². The zero-order valence-electron chi connectivity index (χ0n) is 21.6. The average molecular weight is 498 g/mol. The van der Waals surface area contributed by atoms with Crippen LogP contribution in [0.2, 0.25) is 36.3 Å². The van der Waals surface area contributed by atoms with Crippen LogP contribution in [0.4, 0.5) is 10.2 Å². The van der Waals surface area contributed by atoms with Crippen LogP contribution in [0.5, 0.6) is 0 Å². The number of nitrogen functional groups attached to an aromatic ring is 1. The number of fused-ring (bicyclic) bond motifs is 1. The van der Waals surface area contributed by atoms with E-state index in [2.05, 4.69) is 82.7 Å². The zero-order valence-corrected chi connectivity index (χ0v) is 23.6. The lowest BCUT2D eigenvalue weighted by molar-refractivity contribution is -0.0421. The Labute approximate surface area is 198 Å². The van der Waals surface area contributed by atoms with Crippen LogP contribution in [0, 0.1) is 0 Å². The number of ether oxygens (including phenoxy) is 1. The van der Waals surface area contributed by atoms with Gasteiger partial charge >= 0.3 is 0 Å². The van der Waals surface area contributed by atoms with Crippen LogP contribution < -0.4 is 5.73 Å². The van der Waals surface area contributed by atoms with Gasteiger partial charge in [0, 0.05) is 0 Å². The number of hydrogen-bond donors (Lipinski definition) is 1. The second-order valence-electron chi connectivity index (χ2n) is 12.0. The highest BCUT2D eigenvalue weighted by molar-refractivity contribution is 6.74. The molecule has 2 unspecified atom stereocenters. The zero-order chi connectivity index (χ0) is 25.0. The molecule has 186 valence electrons. The number of anilines is 1. The number of rotatable bonds is 6. The van der Waals surface area contributed by atoms with E-state index < -0.39 is 41.2 Å². The fourth-order valence-corrected chi connectivity index (χ4v) is 5.60. The van der Waals surface area contributed by atoms with Gasteiger partial charge in [-0.1, -0.05) is 41.5 Å². The van der Waals surface area contributed by atoms with Crippen molar-refractivity contribution in [2.45, 2.75) is 102 Å². The minimum atomic E-state index is -2.28. The Kier molecular flexibility index (Phi) is 6.88. The highest BCUT2D eigenvalue weighted by Gasteiger charge is 2.52. The van der Waals surface area contributed by atoms with Gasteiger partial charge in [-0.25, -0.2) is 19.3 Å². The lowest BCUT2D eigenvalue weighted by Gasteiger charge is -2.40. The third-order valence-corrected chi connectivity index (χ3v) is 16.6. The normalized spacial score (nSPS) is 25.2. The summed E-state index contributed by atoms with van der Waals surface area (Å²) in [5.74, 6) is 0.249. The first-order valence-electron chi connectivity index (χ1n) is 11.5. The molecule has 33 heavy (non-hydrogen) atoms. The molecule has 3 rings (SSSR count). The predicted octanol–water partition coefficient (Wildman–Crippen LogP) is 5.06. The fourth-order valence-electron chi connectivity index (χ4n) is 3.27. The average Bonchev–Trinajstić information content (AvgIpc) is 3.21. The van der Waals surface area contributed by atoms with E-state index in [0.717, 1.165) is 0 Å². The molecule has 1 saturated heterocycles. The molecule has 1 aliphatic heterocycles. The summed E-state index contributed by atoms with van der Waals surface area (Å²) in [5.41, 5.74) is 6.79. The molecule has 0 saturated carbocycles. The molecule has 1 fully saturated rings. The van der Waals surface area contributed by atoms with Gasteiger partial charge in [0.05, 0.1) is 12.9 Å². The minimum absolute atomic E-state index is 0.0326. The summed E-state index contributed by atoms with van der Waals surface area (Å²) in [5, 5.41) is -0.0378. The largest absolute Gasteiger partial charge is 0.414 e. The second kappa shape index (κ2) is 8.67. The Bertz CT molecular complexity index is 987. The number of imidazole rings is 1. The second-order valence-corrected chi connectivity index (χ2v) is 21.6. The van der Waals surface area contributed by atoms with E-state index in [1.807, 2.05) is 0 Å². The van der Waals surface area contributed by atoms with Gasteiger partial charge in [-0.3, -0.25) is 4.57 Å². The minimum Gasteiger partial charge on any atom is -0.414 e. The molecule has 0 aromatic carbocycles. The van der Waals surface area contributed by atoms with E-state index in [9.17, 15) is 0 Å². The van der Waals surface area contributed by atoms with E-state index in [0.29, 0.717) is 11.2 Å². The van der Waals surface area contributed by atoms with E-state index in [-0.39, 0.29) is 22.5 Å². The van der Waals surface area contributed by atoms with Crippen molar-refractivity contribution in [2.24, 2.45) is 0 Å². The van der Waals surface area contributed by atoms with E-state index in [4.69, 9.17) is 19.3 Å². The molecule has 8 nitrogen and oxygen atoms in total. The van der Waals surface area contributed by atoms with Crippen LogP contribution >= 0.6 is 0 Å². The van der Waals surface area contributed by atoms with Crippen molar-refractivity contribution in [1.29, 1.82) is 0 Å². The molecule has 2 aromatic heterocycles. The number of hydrogen-bond acceptors (Lipinski definition) is 7. The number of aromatic nitrogens is 4. The summed E-state index contributed by atoms with van der Waals surface area (Å²) in [6.07, 6.45) is -0.803. The first-order chi connectivity index (χ1) is 15.0. The van der Waals surface area contributed by atoms with Crippen molar-refractivity contribution in [3.8, 4) is 0 Å². The van der Waals surface area contributed by atoms with Gasteiger partial charge in [0.25, 0.3) is 0 Å². The van der Waals surface area contributed by atoms with Crippen LogP contribution in [-0.2, 0) is 13.6 Å². The van der Waals surface area contributed by atoms with Crippen LogP contribution in [0.25, 0.3) is 11.2 Å². The van der Waals surface area contributed by atoms with E-state index >= 15 is 4.39 Å². The van der Waals surface area contributed by atoms with Crippen molar-refractivity contribution in [3.05, 3.63) is 12.7 Å². The van der Waals surface area contributed by atoms with E-state index in [1.54, 1.807) is 4.57 Å². The van der Waals surface area contributed by atoms with Crippen molar-refractivity contribution < 1.29 is 18.0 Å². The summed E-state index contributed by atoms with van der Waals surface area (Å²) < 4.78 is 37.0. The number of alkyl halides is 1. The molecule has 11 heteroatoms. The molecule has 1 aliphatic rings. The van der Waals surface area contributed by atoms with Gasteiger partial charge in [0.1, 0.15) is 24.1 Å². The summed E-state index contributed by atoms with van der Waals surface area (Å²) in [6, 6.07) is 0. The Morgan fingerprint density at radius 1 is 1.03 bits per heavy atom. The molecular weight excluding hydrogens is 457 g/mol. The fraction of sp³-hybridized carbons (Fsp3) is 0.773. The topological polar surface area (TPSA) is 97.3 Å². The molecule has 0 radical (unpaired) electrons. The highest BCUT2D eigenvalue weighted by Crippen LogP contribution is 2.43. The molecule has 2 N–H and O–H groups in total. The molecule has 0 spiro atoms. The van der Waals surface area contributed by atoms with Gasteiger partial charge in [0.2, 0.25) is 0 Å². The summed E-state index contributed by atoms with van der Waals surface area (Å²) in [4.78, 5) is 12.5. The van der Waals surface area contributed by atoms with Crippen molar-refractivity contribution in [1.82, 2.24) is 19.5 Å². The third-order valence-electron chi connectivity index (χ3n) is 7.58. The Morgan fingerprint density at radius 2 is 1.64 bits per heavy atom. The maximum Gasteiger partial charge on any atom is 0.192 e. The SMILES string of the molecule is CC(C)(C)[Si](C)(C)OC[C@H]1O[C@@H](n2cnc3c(N)ncnc32)C(F)C1O[Si](C)(C)C(C)(C)C. The van der Waals surface area contributed by atoms with Crippen LogP contribution in [0.15, 0.2) is 12.7 Å². The standard InChI is InChI=1S/C22H40FN5O3Si2/c1-21(2,3)32(7,8)29-11-14-17(31-33(9,10)22(4,5)6)15(23)20(30-14)28-13-27-16-18(24)25-12-26-19(16)28/h12-15,17,20H,11H2,1-10H3,(H2,24,25,26)/t14-,15?,17?,20-/m1/s1.